The van der Waals surface area contributed by atoms with Crippen LogP contribution in [0.25, 0.3) is 0 Å². The van der Waals surface area contributed by atoms with Crippen LogP contribution in [-0.2, 0) is 6.42 Å². The van der Waals surface area contributed by atoms with E-state index in [0.29, 0.717) is 5.82 Å². The van der Waals surface area contributed by atoms with E-state index in [4.69, 9.17) is 11.5 Å². The molecule has 1 atom stereocenters. The van der Waals surface area contributed by atoms with E-state index < -0.39 is 0 Å². The van der Waals surface area contributed by atoms with Crippen LogP contribution < -0.4 is 11.5 Å². The van der Waals surface area contributed by atoms with Crippen molar-refractivity contribution in [2.75, 3.05) is 5.73 Å². The summed E-state index contributed by atoms with van der Waals surface area (Å²) in [5.41, 5.74) is 13.8. The summed E-state index contributed by atoms with van der Waals surface area (Å²) < 4.78 is 0. The molecule has 0 aliphatic heterocycles. The predicted octanol–water partition coefficient (Wildman–Crippen LogP) is 1.25. The van der Waals surface area contributed by atoms with Crippen LogP contribution in [-0.4, -0.2) is 11.0 Å². The van der Waals surface area contributed by atoms with E-state index in [1.807, 2.05) is 13.0 Å². The number of hydrogen-bond donors (Lipinski definition) is 2. The summed E-state index contributed by atoms with van der Waals surface area (Å²) >= 11 is 0. The summed E-state index contributed by atoms with van der Waals surface area (Å²) in [5.74, 6) is 0.612. The van der Waals surface area contributed by atoms with E-state index in [2.05, 4.69) is 11.9 Å². The molecule has 1 rings (SSSR count). The van der Waals surface area contributed by atoms with Gasteiger partial charge in [-0.2, -0.15) is 0 Å². The number of nitrogen functional groups attached to an aromatic ring is 1. The van der Waals surface area contributed by atoms with E-state index in [9.17, 15) is 0 Å². The molecule has 0 aliphatic rings. The highest BCUT2D eigenvalue weighted by atomic mass is 14.8. The monoisotopic (exact) mass is 179 g/mol. The highest BCUT2D eigenvalue weighted by molar-refractivity contribution is 5.43. The summed E-state index contributed by atoms with van der Waals surface area (Å²) in [6.07, 6.45) is 3.61. The molecule has 0 saturated carbocycles. The smallest absolute Gasteiger partial charge is 0.126 e. The van der Waals surface area contributed by atoms with Gasteiger partial charge in [-0.25, -0.2) is 4.98 Å². The van der Waals surface area contributed by atoms with Gasteiger partial charge in [0.25, 0.3) is 0 Å². The number of rotatable bonds is 3. The Morgan fingerprint density at radius 1 is 1.54 bits per heavy atom. The number of anilines is 1. The molecule has 3 nitrogen and oxygen atoms in total. The lowest BCUT2D eigenvalue weighted by Gasteiger charge is -2.11. The number of nitrogens with zero attached hydrogens (tertiary/aromatic N) is 1. The summed E-state index contributed by atoms with van der Waals surface area (Å²) in [5, 5.41) is 0. The quantitative estimate of drug-likeness (QED) is 0.734. The second-order valence-electron chi connectivity index (χ2n) is 3.35. The maximum absolute atomic E-state index is 5.86. The normalized spacial score (nSPS) is 12.8. The Hall–Kier alpha value is -1.09. The molecule has 0 radical (unpaired) electrons. The summed E-state index contributed by atoms with van der Waals surface area (Å²) in [4.78, 5) is 4.01. The van der Waals surface area contributed by atoms with Crippen LogP contribution in [0.1, 0.15) is 24.5 Å². The molecule has 1 aromatic heterocycles. The third-order valence-electron chi connectivity index (χ3n) is 2.36. The van der Waals surface area contributed by atoms with E-state index in [1.54, 1.807) is 6.20 Å². The third kappa shape index (κ3) is 2.42. The maximum atomic E-state index is 5.86. The zero-order chi connectivity index (χ0) is 9.84. The second kappa shape index (κ2) is 4.23. The number of nitrogens with two attached hydrogens (primary N) is 2. The Morgan fingerprint density at radius 2 is 2.23 bits per heavy atom. The molecule has 1 heterocycles. The van der Waals surface area contributed by atoms with Gasteiger partial charge in [-0.3, -0.25) is 0 Å². The first kappa shape index (κ1) is 9.99. The van der Waals surface area contributed by atoms with Gasteiger partial charge in [-0.15, -0.1) is 0 Å². The topological polar surface area (TPSA) is 64.9 Å². The second-order valence-corrected chi connectivity index (χ2v) is 3.35. The Labute approximate surface area is 79.2 Å². The fourth-order valence-electron chi connectivity index (χ4n) is 1.24. The first-order valence-electron chi connectivity index (χ1n) is 4.60. The van der Waals surface area contributed by atoms with Crippen molar-refractivity contribution in [1.29, 1.82) is 0 Å². The Morgan fingerprint density at radius 3 is 2.85 bits per heavy atom. The molecule has 4 N–H and O–H groups in total. The highest BCUT2D eigenvalue weighted by Crippen LogP contribution is 2.14. The lowest BCUT2D eigenvalue weighted by molar-refractivity contribution is 0.644. The van der Waals surface area contributed by atoms with Crippen LogP contribution in [0.3, 0.4) is 0 Å². The van der Waals surface area contributed by atoms with Crippen LogP contribution >= 0.6 is 0 Å². The zero-order valence-electron chi connectivity index (χ0n) is 8.25. The largest absolute Gasteiger partial charge is 0.383 e. The van der Waals surface area contributed by atoms with Crippen LogP contribution in [0.2, 0.25) is 0 Å². The molecule has 72 valence electrons. The summed E-state index contributed by atoms with van der Waals surface area (Å²) in [6.45, 7) is 4.07. The molecule has 3 heteroatoms. The molecule has 0 fully saturated rings. The van der Waals surface area contributed by atoms with Gasteiger partial charge in [0.15, 0.2) is 0 Å². The molecule has 1 unspecified atom stereocenters. The van der Waals surface area contributed by atoms with Crippen molar-refractivity contribution in [3.8, 4) is 0 Å². The number of hydrogen-bond acceptors (Lipinski definition) is 3. The van der Waals surface area contributed by atoms with Gasteiger partial charge in [0.2, 0.25) is 0 Å². The summed E-state index contributed by atoms with van der Waals surface area (Å²) in [7, 11) is 0. The van der Waals surface area contributed by atoms with Gasteiger partial charge in [0.05, 0.1) is 0 Å². The average Bonchev–Trinajstić information content (AvgIpc) is 2.13. The molecular weight excluding hydrogens is 162 g/mol. The van der Waals surface area contributed by atoms with Crippen LogP contribution in [0.5, 0.6) is 0 Å². The van der Waals surface area contributed by atoms with Crippen LogP contribution in [0.4, 0.5) is 5.82 Å². The van der Waals surface area contributed by atoms with Crippen molar-refractivity contribution in [3.63, 3.8) is 0 Å². The first-order chi connectivity index (χ1) is 6.15. The van der Waals surface area contributed by atoms with Crippen molar-refractivity contribution in [3.05, 3.63) is 23.4 Å². The molecule has 0 saturated heterocycles. The zero-order valence-corrected chi connectivity index (χ0v) is 8.25. The summed E-state index contributed by atoms with van der Waals surface area (Å²) in [6, 6.07) is 2.21. The Balaban J connectivity index is 2.83. The van der Waals surface area contributed by atoms with Crippen molar-refractivity contribution in [1.82, 2.24) is 4.98 Å². The standard InChI is InChI=1S/C10H17N3/c1-3-9(11)6-8-4-5-13-10(12)7(8)2/h4-5,9H,3,6,11H2,1-2H3,(H2,12,13). The minimum absolute atomic E-state index is 0.223. The van der Waals surface area contributed by atoms with Crippen molar-refractivity contribution in [2.24, 2.45) is 5.73 Å². The first-order valence-corrected chi connectivity index (χ1v) is 4.60. The van der Waals surface area contributed by atoms with Gasteiger partial charge in [-0.1, -0.05) is 6.92 Å². The van der Waals surface area contributed by atoms with E-state index in [-0.39, 0.29) is 6.04 Å². The molecule has 0 spiro atoms. The molecule has 0 amide bonds. The third-order valence-corrected chi connectivity index (χ3v) is 2.36. The van der Waals surface area contributed by atoms with Crippen LogP contribution in [0, 0.1) is 6.92 Å². The van der Waals surface area contributed by atoms with Crippen molar-refractivity contribution in [2.45, 2.75) is 32.7 Å². The molecular formula is C10H17N3. The molecule has 13 heavy (non-hydrogen) atoms. The van der Waals surface area contributed by atoms with E-state index in [1.165, 1.54) is 5.56 Å². The SMILES string of the molecule is CCC(N)Cc1ccnc(N)c1C. The van der Waals surface area contributed by atoms with Gasteiger partial charge >= 0.3 is 0 Å². The van der Waals surface area contributed by atoms with Gasteiger partial charge in [0, 0.05) is 12.2 Å². The van der Waals surface area contributed by atoms with E-state index >= 15 is 0 Å². The number of pyridine rings is 1. The van der Waals surface area contributed by atoms with E-state index in [0.717, 1.165) is 18.4 Å². The van der Waals surface area contributed by atoms with Crippen LogP contribution in [0.15, 0.2) is 12.3 Å². The van der Waals surface area contributed by atoms with Gasteiger partial charge in [0.1, 0.15) is 5.82 Å². The average molecular weight is 179 g/mol. The predicted molar refractivity (Wildman–Crippen MR) is 55.4 cm³/mol. The Bertz CT molecular complexity index is 283. The fraction of sp³-hybridized carbons (Fsp3) is 0.500. The maximum Gasteiger partial charge on any atom is 0.126 e. The molecule has 0 aromatic carbocycles. The molecule has 1 aromatic rings. The lowest BCUT2D eigenvalue weighted by Crippen LogP contribution is -2.22. The Kier molecular flexibility index (Phi) is 3.25. The van der Waals surface area contributed by atoms with Gasteiger partial charge < -0.3 is 11.5 Å². The lowest BCUT2D eigenvalue weighted by atomic mass is 10.0. The minimum Gasteiger partial charge on any atom is -0.383 e. The van der Waals surface area contributed by atoms with Gasteiger partial charge in [-0.05, 0) is 37.0 Å². The molecule has 0 aliphatic carbocycles. The van der Waals surface area contributed by atoms with Crippen molar-refractivity contribution >= 4 is 5.82 Å². The fourth-order valence-corrected chi connectivity index (χ4v) is 1.24. The highest BCUT2D eigenvalue weighted by Gasteiger charge is 2.06. The number of aromatic nitrogens is 1. The van der Waals surface area contributed by atoms with Crippen molar-refractivity contribution < 1.29 is 0 Å². The molecule has 0 bridgehead atoms. The minimum atomic E-state index is 0.223.